The number of hydrogen-bond donors (Lipinski definition) is 4. The first-order valence-corrected chi connectivity index (χ1v) is 11.3. The fourth-order valence-electron chi connectivity index (χ4n) is 3.82. The van der Waals surface area contributed by atoms with Crippen molar-refractivity contribution in [2.45, 2.75) is 13.5 Å². The second-order valence-electron chi connectivity index (χ2n) is 7.99. The summed E-state index contributed by atoms with van der Waals surface area (Å²) in [5, 5.41) is 11.8. The maximum atomic E-state index is 13.1. The number of aromatic nitrogens is 6. The molecule has 0 unspecified atom stereocenters. The van der Waals surface area contributed by atoms with Gasteiger partial charge in [-0.2, -0.15) is 0 Å². The smallest absolute Gasteiger partial charge is 0.274 e. The fraction of sp³-hybridized carbons (Fsp3) is 0.160. The zero-order valence-electron chi connectivity index (χ0n) is 19.5. The maximum Gasteiger partial charge on any atom is 0.274 e. The third-order valence-electron chi connectivity index (χ3n) is 5.57. The predicted octanol–water partition coefficient (Wildman–Crippen LogP) is 2.37. The van der Waals surface area contributed by atoms with E-state index < -0.39 is 5.91 Å². The molecule has 0 radical (unpaired) electrons. The number of amides is 1. The molecule has 5 aromatic heterocycles. The third kappa shape index (κ3) is 4.46. The Morgan fingerprint density at radius 3 is 2.86 bits per heavy atom. The highest BCUT2D eigenvalue weighted by molar-refractivity contribution is 5.97. The van der Waals surface area contributed by atoms with E-state index in [-0.39, 0.29) is 31.3 Å². The number of aliphatic hydroxyl groups is 1. The first-order valence-electron chi connectivity index (χ1n) is 11.3. The Morgan fingerprint density at radius 1 is 1.17 bits per heavy atom. The van der Waals surface area contributed by atoms with Crippen LogP contribution < -0.4 is 15.8 Å². The lowest BCUT2D eigenvalue weighted by molar-refractivity contribution is 0.0945. The lowest BCUT2D eigenvalue weighted by Gasteiger charge is -2.13. The predicted molar refractivity (Wildman–Crippen MR) is 133 cm³/mol. The number of aliphatic hydroxyl groups excluding tert-OH is 1. The van der Waals surface area contributed by atoms with Gasteiger partial charge in [0.1, 0.15) is 35.1 Å². The lowest BCUT2D eigenvalue weighted by atomic mass is 10.1. The molecule has 0 saturated carbocycles. The minimum absolute atomic E-state index is 0.00138. The van der Waals surface area contributed by atoms with Crippen LogP contribution in [0.15, 0.2) is 61.2 Å². The minimum Gasteiger partial charge on any atom is -0.489 e. The van der Waals surface area contributed by atoms with E-state index in [0.29, 0.717) is 22.8 Å². The largest absolute Gasteiger partial charge is 0.489 e. The molecular weight excluding hydrogens is 460 g/mol. The number of fused-ring (bicyclic) bond motifs is 1. The molecule has 0 aliphatic carbocycles. The number of aromatic amines is 1. The zero-order valence-corrected chi connectivity index (χ0v) is 19.5. The molecule has 5 aromatic rings. The molecule has 0 aromatic carbocycles. The summed E-state index contributed by atoms with van der Waals surface area (Å²) >= 11 is 0. The Kier molecular flexibility index (Phi) is 6.29. The van der Waals surface area contributed by atoms with Gasteiger partial charge in [0.25, 0.3) is 5.91 Å². The average Bonchev–Trinajstić information content (AvgIpc) is 3.56. The first kappa shape index (κ1) is 23.0. The number of carbonyl (C=O) groups excluding carboxylic acids is 1. The van der Waals surface area contributed by atoms with Gasteiger partial charge in [-0.05, 0) is 43.3 Å². The summed E-state index contributed by atoms with van der Waals surface area (Å²) in [6, 6.07) is 10.9. The highest BCUT2D eigenvalue weighted by Crippen LogP contribution is 2.30. The van der Waals surface area contributed by atoms with Crippen LogP contribution in [0.25, 0.3) is 28.3 Å². The van der Waals surface area contributed by atoms with Gasteiger partial charge in [-0.3, -0.25) is 9.78 Å². The van der Waals surface area contributed by atoms with Crippen LogP contribution in [-0.4, -0.2) is 53.5 Å². The number of nitrogen functional groups attached to an aromatic ring is 1. The molecular formula is C25H24N8O3. The summed E-state index contributed by atoms with van der Waals surface area (Å²) in [5.41, 5.74) is 11.0. The molecule has 36 heavy (non-hydrogen) atoms. The molecule has 0 spiro atoms. The SMILES string of the molecule is Cc1cnc2ccc(-c3nc(C(=O)NCc4ncccc4OCCO)c(N)nc3-c3ccc[nH]3)cn12. The van der Waals surface area contributed by atoms with Crippen LogP contribution in [0.4, 0.5) is 5.82 Å². The number of nitrogens with zero attached hydrogens (tertiary/aromatic N) is 5. The van der Waals surface area contributed by atoms with Gasteiger partial charge in [-0.25, -0.2) is 15.0 Å². The second-order valence-corrected chi connectivity index (χ2v) is 7.99. The molecule has 5 rings (SSSR count). The van der Waals surface area contributed by atoms with Crippen LogP contribution in [0.3, 0.4) is 0 Å². The Hall–Kier alpha value is -4.77. The molecule has 0 saturated heterocycles. The van der Waals surface area contributed by atoms with Crippen molar-refractivity contribution in [1.29, 1.82) is 0 Å². The van der Waals surface area contributed by atoms with Crippen molar-refractivity contribution in [1.82, 2.24) is 34.6 Å². The molecule has 0 bridgehead atoms. The van der Waals surface area contributed by atoms with Gasteiger partial charge in [0.05, 0.1) is 18.8 Å². The molecule has 0 fully saturated rings. The van der Waals surface area contributed by atoms with Crippen LogP contribution in [-0.2, 0) is 6.54 Å². The molecule has 182 valence electrons. The highest BCUT2D eigenvalue weighted by atomic mass is 16.5. The number of anilines is 1. The number of nitrogens with one attached hydrogen (secondary N) is 2. The number of carbonyl (C=O) groups is 1. The van der Waals surface area contributed by atoms with E-state index in [2.05, 4.69) is 30.2 Å². The Morgan fingerprint density at radius 2 is 2.06 bits per heavy atom. The molecule has 0 aliphatic rings. The van der Waals surface area contributed by atoms with Gasteiger partial charge in [-0.15, -0.1) is 0 Å². The topological polar surface area (TPSA) is 156 Å². The Labute approximate surface area is 206 Å². The summed E-state index contributed by atoms with van der Waals surface area (Å²) in [6.45, 7) is 2.03. The standard InChI is InChI=1S/C25H24N8O3/c1-15-12-29-20-7-6-16(14-33(15)20)21-22(17-4-2-8-27-17)32-24(26)23(31-21)25(35)30-13-18-19(36-11-10-34)5-3-9-28-18/h2-9,12,14,27,34H,10-11,13H2,1H3,(H2,26,32)(H,30,35). The van der Waals surface area contributed by atoms with Crippen LogP contribution in [0.2, 0.25) is 0 Å². The van der Waals surface area contributed by atoms with Crippen LogP contribution in [0.1, 0.15) is 21.9 Å². The van der Waals surface area contributed by atoms with Crippen molar-refractivity contribution in [2.75, 3.05) is 18.9 Å². The number of rotatable bonds is 8. The number of H-pyrrole nitrogens is 1. The van der Waals surface area contributed by atoms with E-state index in [4.69, 9.17) is 15.6 Å². The number of nitrogens with two attached hydrogens (primary N) is 1. The van der Waals surface area contributed by atoms with Gasteiger partial charge in [0.2, 0.25) is 0 Å². The van der Waals surface area contributed by atoms with Crippen molar-refractivity contribution < 1.29 is 14.6 Å². The molecule has 11 nitrogen and oxygen atoms in total. The van der Waals surface area contributed by atoms with Crippen molar-refractivity contribution in [2.24, 2.45) is 0 Å². The monoisotopic (exact) mass is 484 g/mol. The van der Waals surface area contributed by atoms with Crippen molar-refractivity contribution >= 4 is 17.4 Å². The molecule has 1 amide bonds. The quantitative estimate of drug-likeness (QED) is 0.261. The van der Waals surface area contributed by atoms with E-state index >= 15 is 0 Å². The van der Waals surface area contributed by atoms with Gasteiger partial charge in [-0.1, -0.05) is 0 Å². The summed E-state index contributed by atoms with van der Waals surface area (Å²) in [5.74, 6) is -0.0332. The fourth-order valence-corrected chi connectivity index (χ4v) is 3.82. The van der Waals surface area contributed by atoms with E-state index in [1.54, 1.807) is 30.7 Å². The summed E-state index contributed by atoms with van der Waals surface area (Å²) in [6.07, 6.45) is 7.07. The normalized spacial score (nSPS) is 11.1. The molecule has 0 aliphatic heterocycles. The number of aryl methyl sites for hydroxylation is 1. The van der Waals surface area contributed by atoms with Crippen LogP contribution in [0.5, 0.6) is 5.75 Å². The summed E-state index contributed by atoms with van der Waals surface area (Å²) in [7, 11) is 0. The van der Waals surface area contributed by atoms with Crippen molar-refractivity contribution in [3.05, 3.63) is 78.3 Å². The average molecular weight is 485 g/mol. The van der Waals surface area contributed by atoms with Crippen LogP contribution >= 0.6 is 0 Å². The Balaban J connectivity index is 1.51. The number of ether oxygens (including phenoxy) is 1. The van der Waals surface area contributed by atoms with E-state index in [1.165, 1.54) is 0 Å². The minimum atomic E-state index is -0.502. The number of imidazole rings is 1. The van der Waals surface area contributed by atoms with Crippen molar-refractivity contribution in [3.8, 4) is 28.4 Å². The first-order chi connectivity index (χ1) is 17.5. The van der Waals surface area contributed by atoms with Crippen LogP contribution in [0, 0.1) is 6.92 Å². The highest BCUT2D eigenvalue weighted by Gasteiger charge is 2.21. The number of hydrogen-bond acceptors (Lipinski definition) is 8. The maximum absolute atomic E-state index is 13.1. The van der Waals surface area contributed by atoms with E-state index in [1.807, 2.05) is 41.8 Å². The molecule has 5 N–H and O–H groups in total. The zero-order chi connectivity index (χ0) is 25.1. The molecule has 0 atom stereocenters. The molecule has 5 heterocycles. The lowest BCUT2D eigenvalue weighted by Crippen LogP contribution is -2.26. The Bertz CT molecular complexity index is 1530. The third-order valence-corrected chi connectivity index (χ3v) is 5.57. The van der Waals surface area contributed by atoms with Gasteiger partial charge >= 0.3 is 0 Å². The van der Waals surface area contributed by atoms with Crippen molar-refractivity contribution in [3.63, 3.8) is 0 Å². The number of pyridine rings is 2. The summed E-state index contributed by atoms with van der Waals surface area (Å²) in [4.78, 5) is 34.1. The van der Waals surface area contributed by atoms with Gasteiger partial charge in [0, 0.05) is 36.0 Å². The van der Waals surface area contributed by atoms with E-state index in [0.717, 1.165) is 22.6 Å². The molecule has 11 heteroatoms. The van der Waals surface area contributed by atoms with Gasteiger partial charge in [0.15, 0.2) is 11.5 Å². The van der Waals surface area contributed by atoms with Gasteiger partial charge < -0.3 is 30.3 Å². The second kappa shape index (κ2) is 9.84. The summed E-state index contributed by atoms with van der Waals surface area (Å²) < 4.78 is 7.44. The van der Waals surface area contributed by atoms with E-state index in [9.17, 15) is 4.79 Å².